The Morgan fingerprint density at radius 2 is 2.10 bits per heavy atom. The molecule has 5 nitrogen and oxygen atoms in total. The van der Waals surface area contributed by atoms with Gasteiger partial charge in [0.1, 0.15) is 5.76 Å². The Labute approximate surface area is 124 Å². The first kappa shape index (κ1) is 14.3. The molecular formula is C15H18N2O3S. The lowest BCUT2D eigenvalue weighted by Crippen LogP contribution is -2.29. The number of oxazole rings is 1. The molecule has 0 aliphatic carbocycles. The van der Waals surface area contributed by atoms with Gasteiger partial charge in [0.15, 0.2) is 9.84 Å². The van der Waals surface area contributed by atoms with Gasteiger partial charge in [-0.1, -0.05) is 18.2 Å². The maximum Gasteiger partial charge on any atom is 0.208 e. The molecule has 21 heavy (non-hydrogen) atoms. The van der Waals surface area contributed by atoms with Crippen LogP contribution in [0.3, 0.4) is 0 Å². The van der Waals surface area contributed by atoms with Gasteiger partial charge in [-0.2, -0.15) is 0 Å². The number of fused-ring (bicyclic) bond motifs is 1. The Balaban J connectivity index is 1.81. The Morgan fingerprint density at radius 3 is 2.81 bits per heavy atom. The number of nitrogens with zero attached hydrogens (tertiary/aromatic N) is 1. The monoisotopic (exact) mass is 306 g/mol. The van der Waals surface area contributed by atoms with E-state index in [0.717, 1.165) is 17.0 Å². The maximum atomic E-state index is 12.1. The molecule has 1 N–H and O–H groups in total. The van der Waals surface area contributed by atoms with Gasteiger partial charge in [0.05, 0.1) is 22.9 Å². The topological polar surface area (TPSA) is 72.2 Å². The number of aryl methyl sites for hydroxylation is 2. The van der Waals surface area contributed by atoms with Crippen LogP contribution < -0.4 is 5.32 Å². The first-order chi connectivity index (χ1) is 9.97. The van der Waals surface area contributed by atoms with Crippen LogP contribution in [0.15, 0.2) is 33.6 Å². The van der Waals surface area contributed by atoms with Crippen molar-refractivity contribution in [2.24, 2.45) is 0 Å². The number of nitrogens with one attached hydrogen (secondary N) is 1. The normalized spacial score (nSPS) is 20.2. The zero-order valence-electron chi connectivity index (χ0n) is 12.1. The number of aromatic nitrogens is 1. The van der Waals surface area contributed by atoms with E-state index in [1.807, 2.05) is 26.0 Å². The molecule has 2 aromatic rings. The summed E-state index contributed by atoms with van der Waals surface area (Å²) in [6.07, 6.45) is 0.567. The molecule has 0 saturated heterocycles. The second-order valence-corrected chi connectivity index (χ2v) is 7.41. The standard InChI is InChI=1S/C15H18N2O3S/c1-10-11(2)20-15(17-10)9-16-13-7-8-21(18,19)14-6-4-3-5-12(13)14/h3-6,13,16H,7-9H2,1-2H3. The third-order valence-electron chi connectivity index (χ3n) is 3.88. The lowest BCUT2D eigenvalue weighted by molar-refractivity contribution is 0.414. The quantitative estimate of drug-likeness (QED) is 0.942. The zero-order chi connectivity index (χ0) is 15.0. The summed E-state index contributed by atoms with van der Waals surface area (Å²) in [5.74, 6) is 1.63. The molecule has 1 atom stereocenters. The molecule has 0 saturated carbocycles. The predicted octanol–water partition coefficient (Wildman–Crippen LogP) is 2.30. The van der Waals surface area contributed by atoms with E-state index in [1.165, 1.54) is 0 Å². The second kappa shape index (κ2) is 5.27. The highest BCUT2D eigenvalue weighted by Crippen LogP contribution is 2.32. The molecule has 112 valence electrons. The van der Waals surface area contributed by atoms with Gasteiger partial charge < -0.3 is 9.73 Å². The molecule has 3 rings (SSSR count). The molecule has 0 bridgehead atoms. The van der Waals surface area contributed by atoms with Crippen LogP contribution >= 0.6 is 0 Å². The van der Waals surface area contributed by atoms with Crippen LogP contribution in [-0.2, 0) is 16.4 Å². The average Bonchev–Trinajstić information content (AvgIpc) is 2.77. The summed E-state index contributed by atoms with van der Waals surface area (Å²) in [6, 6.07) is 7.19. The summed E-state index contributed by atoms with van der Waals surface area (Å²) in [7, 11) is -3.14. The summed E-state index contributed by atoms with van der Waals surface area (Å²) < 4.78 is 29.7. The Kier molecular flexibility index (Phi) is 3.59. The fraction of sp³-hybridized carbons (Fsp3) is 0.400. The van der Waals surface area contributed by atoms with Crippen LogP contribution in [0.5, 0.6) is 0 Å². The molecular weight excluding hydrogens is 288 g/mol. The largest absolute Gasteiger partial charge is 0.444 e. The summed E-state index contributed by atoms with van der Waals surface area (Å²) in [5, 5.41) is 3.35. The molecule has 2 heterocycles. The summed E-state index contributed by atoms with van der Waals surface area (Å²) in [4.78, 5) is 4.77. The molecule has 1 aliphatic rings. The summed E-state index contributed by atoms with van der Waals surface area (Å²) >= 11 is 0. The molecule has 0 fully saturated rings. The Morgan fingerprint density at radius 1 is 1.33 bits per heavy atom. The highest BCUT2D eigenvalue weighted by molar-refractivity contribution is 7.91. The first-order valence-corrected chi connectivity index (χ1v) is 8.60. The van der Waals surface area contributed by atoms with Crippen molar-refractivity contribution in [1.29, 1.82) is 0 Å². The van der Waals surface area contributed by atoms with Crippen molar-refractivity contribution in [3.63, 3.8) is 0 Å². The Bertz CT molecular complexity index is 745. The molecule has 1 aromatic heterocycles. The van der Waals surface area contributed by atoms with E-state index >= 15 is 0 Å². The van der Waals surface area contributed by atoms with Crippen LogP contribution in [0.25, 0.3) is 0 Å². The van der Waals surface area contributed by atoms with Gasteiger partial charge in [0.25, 0.3) is 0 Å². The van der Waals surface area contributed by atoms with Gasteiger partial charge in [-0.3, -0.25) is 0 Å². The predicted molar refractivity (Wildman–Crippen MR) is 78.7 cm³/mol. The van der Waals surface area contributed by atoms with Gasteiger partial charge in [0, 0.05) is 6.04 Å². The van der Waals surface area contributed by atoms with E-state index in [1.54, 1.807) is 12.1 Å². The van der Waals surface area contributed by atoms with Crippen molar-refractivity contribution in [3.8, 4) is 0 Å². The van der Waals surface area contributed by atoms with Gasteiger partial charge >= 0.3 is 0 Å². The highest BCUT2D eigenvalue weighted by atomic mass is 32.2. The van der Waals surface area contributed by atoms with E-state index in [0.29, 0.717) is 23.8 Å². The lowest BCUT2D eigenvalue weighted by Gasteiger charge is -2.25. The molecule has 6 heteroatoms. The van der Waals surface area contributed by atoms with E-state index in [9.17, 15) is 8.42 Å². The van der Waals surface area contributed by atoms with Crippen molar-refractivity contribution in [2.45, 2.75) is 37.8 Å². The van der Waals surface area contributed by atoms with Gasteiger partial charge in [-0.25, -0.2) is 13.4 Å². The van der Waals surface area contributed by atoms with Crippen LogP contribution in [0.2, 0.25) is 0 Å². The van der Waals surface area contributed by atoms with E-state index in [4.69, 9.17) is 4.42 Å². The number of rotatable bonds is 3. The molecule has 0 amide bonds. The lowest BCUT2D eigenvalue weighted by atomic mass is 10.0. The third-order valence-corrected chi connectivity index (χ3v) is 5.69. The van der Waals surface area contributed by atoms with Gasteiger partial charge in [-0.15, -0.1) is 0 Å². The van der Waals surface area contributed by atoms with Crippen LogP contribution in [0.4, 0.5) is 0 Å². The van der Waals surface area contributed by atoms with Crippen LogP contribution in [0.1, 0.15) is 35.4 Å². The summed E-state index contributed by atoms with van der Waals surface area (Å²) in [5.41, 5.74) is 1.72. The van der Waals surface area contributed by atoms with Crippen molar-refractivity contribution < 1.29 is 12.8 Å². The SMILES string of the molecule is Cc1nc(CNC2CCS(=O)(=O)c3ccccc32)oc1C. The van der Waals surface area contributed by atoms with Crippen LogP contribution in [-0.4, -0.2) is 19.2 Å². The fourth-order valence-corrected chi connectivity index (χ4v) is 4.25. The van der Waals surface area contributed by atoms with E-state index in [2.05, 4.69) is 10.3 Å². The maximum absolute atomic E-state index is 12.1. The van der Waals surface area contributed by atoms with E-state index in [-0.39, 0.29) is 11.8 Å². The number of hydrogen-bond donors (Lipinski definition) is 1. The number of hydrogen-bond acceptors (Lipinski definition) is 5. The van der Waals surface area contributed by atoms with E-state index < -0.39 is 9.84 Å². The van der Waals surface area contributed by atoms with Gasteiger partial charge in [-0.05, 0) is 31.9 Å². The number of benzene rings is 1. The smallest absolute Gasteiger partial charge is 0.208 e. The first-order valence-electron chi connectivity index (χ1n) is 6.95. The molecule has 1 aliphatic heterocycles. The van der Waals surface area contributed by atoms with Crippen LogP contribution in [0, 0.1) is 13.8 Å². The number of sulfone groups is 1. The minimum Gasteiger partial charge on any atom is -0.444 e. The highest BCUT2D eigenvalue weighted by Gasteiger charge is 2.29. The van der Waals surface area contributed by atoms with Gasteiger partial charge in [0.2, 0.25) is 5.89 Å². The average molecular weight is 306 g/mol. The minimum atomic E-state index is -3.14. The van der Waals surface area contributed by atoms with Crippen molar-refractivity contribution in [2.75, 3.05) is 5.75 Å². The fourth-order valence-electron chi connectivity index (χ4n) is 2.63. The van der Waals surface area contributed by atoms with Crippen molar-refractivity contribution in [1.82, 2.24) is 10.3 Å². The second-order valence-electron chi connectivity index (χ2n) is 5.33. The summed E-state index contributed by atoms with van der Waals surface area (Å²) in [6.45, 7) is 4.28. The third kappa shape index (κ3) is 2.73. The molecule has 1 aromatic carbocycles. The molecule has 0 spiro atoms. The van der Waals surface area contributed by atoms with Crippen molar-refractivity contribution in [3.05, 3.63) is 47.2 Å². The Hall–Kier alpha value is -1.66. The minimum absolute atomic E-state index is 0.0113. The molecule has 1 unspecified atom stereocenters. The van der Waals surface area contributed by atoms with Crippen molar-refractivity contribution >= 4 is 9.84 Å². The molecule has 0 radical (unpaired) electrons. The zero-order valence-corrected chi connectivity index (χ0v) is 12.9.